The fraction of sp³-hybridized carbons (Fsp3) is 0.727. The van der Waals surface area contributed by atoms with Crippen LogP contribution in [0.15, 0.2) is 11.1 Å². The highest BCUT2D eigenvalue weighted by Gasteiger charge is 2.13. The van der Waals surface area contributed by atoms with Crippen LogP contribution in [0.2, 0.25) is 0 Å². The quantitative estimate of drug-likeness (QED) is 0.638. The zero-order chi connectivity index (χ0) is 11.3. The fourth-order valence-electron chi connectivity index (χ4n) is 1.04. The number of hydrogen-bond donors (Lipinski definition) is 0. The molecule has 0 unspecified atom stereocenters. The van der Waals surface area contributed by atoms with E-state index in [0.717, 1.165) is 13.1 Å². The summed E-state index contributed by atoms with van der Waals surface area (Å²) < 4.78 is 0. The Morgan fingerprint density at radius 3 is 1.93 bits per heavy atom. The number of carbonyl (C=O) groups is 1. The van der Waals surface area contributed by atoms with Gasteiger partial charge in [-0.1, -0.05) is 11.1 Å². The standard InChI is InChI=1S/C11H22N2O/c1-7-13(11(14)12(5)6)8-10(4)9(2)3/h7-8H2,1-6H3. The smallest absolute Gasteiger partial charge is 0.319 e. The van der Waals surface area contributed by atoms with Gasteiger partial charge in [-0.25, -0.2) is 4.79 Å². The van der Waals surface area contributed by atoms with Gasteiger partial charge in [-0.2, -0.15) is 0 Å². The summed E-state index contributed by atoms with van der Waals surface area (Å²) >= 11 is 0. The maximum atomic E-state index is 11.7. The highest BCUT2D eigenvalue weighted by Crippen LogP contribution is 2.06. The molecule has 82 valence electrons. The lowest BCUT2D eigenvalue weighted by atomic mass is 10.1. The van der Waals surface area contributed by atoms with E-state index in [-0.39, 0.29) is 6.03 Å². The van der Waals surface area contributed by atoms with Crippen LogP contribution in [-0.2, 0) is 0 Å². The molecule has 0 heterocycles. The largest absolute Gasteiger partial charge is 0.331 e. The maximum absolute atomic E-state index is 11.7. The van der Waals surface area contributed by atoms with E-state index in [9.17, 15) is 4.79 Å². The normalized spacial score (nSPS) is 9.57. The van der Waals surface area contributed by atoms with Gasteiger partial charge >= 0.3 is 6.03 Å². The number of carbonyl (C=O) groups excluding carboxylic acids is 1. The van der Waals surface area contributed by atoms with E-state index < -0.39 is 0 Å². The molecular formula is C11H22N2O. The number of likely N-dealkylation sites (N-methyl/N-ethyl adjacent to an activating group) is 1. The van der Waals surface area contributed by atoms with Crippen LogP contribution >= 0.6 is 0 Å². The van der Waals surface area contributed by atoms with Gasteiger partial charge in [0.05, 0.1) is 0 Å². The van der Waals surface area contributed by atoms with Gasteiger partial charge in [-0.3, -0.25) is 0 Å². The minimum absolute atomic E-state index is 0.0769. The van der Waals surface area contributed by atoms with Crippen molar-refractivity contribution < 1.29 is 4.79 Å². The first-order chi connectivity index (χ1) is 6.40. The molecule has 0 bridgehead atoms. The van der Waals surface area contributed by atoms with E-state index in [1.54, 1.807) is 19.0 Å². The van der Waals surface area contributed by atoms with Gasteiger partial charge in [0.1, 0.15) is 0 Å². The van der Waals surface area contributed by atoms with Crippen LogP contribution in [0.25, 0.3) is 0 Å². The lowest BCUT2D eigenvalue weighted by Gasteiger charge is -2.25. The second-order valence-corrected chi connectivity index (χ2v) is 3.97. The molecule has 0 aromatic carbocycles. The Labute approximate surface area is 87.4 Å². The summed E-state index contributed by atoms with van der Waals surface area (Å²) in [6, 6.07) is 0.0769. The van der Waals surface area contributed by atoms with Gasteiger partial charge in [0.15, 0.2) is 0 Å². The van der Waals surface area contributed by atoms with Crippen LogP contribution in [0.4, 0.5) is 4.79 Å². The highest BCUT2D eigenvalue weighted by atomic mass is 16.2. The monoisotopic (exact) mass is 198 g/mol. The van der Waals surface area contributed by atoms with Gasteiger partial charge < -0.3 is 9.80 Å². The van der Waals surface area contributed by atoms with Crippen molar-refractivity contribution in [1.82, 2.24) is 9.80 Å². The molecule has 0 saturated heterocycles. The van der Waals surface area contributed by atoms with E-state index in [1.807, 2.05) is 11.8 Å². The Kier molecular flexibility index (Phi) is 5.28. The maximum Gasteiger partial charge on any atom is 0.319 e. The van der Waals surface area contributed by atoms with Crippen LogP contribution in [-0.4, -0.2) is 43.0 Å². The molecule has 2 amide bonds. The van der Waals surface area contributed by atoms with Crippen molar-refractivity contribution in [3.63, 3.8) is 0 Å². The summed E-state index contributed by atoms with van der Waals surface area (Å²) in [6.07, 6.45) is 0. The van der Waals surface area contributed by atoms with Crippen LogP contribution < -0.4 is 0 Å². The Balaban J connectivity index is 4.46. The number of amides is 2. The third-order valence-electron chi connectivity index (χ3n) is 2.32. The van der Waals surface area contributed by atoms with E-state index in [4.69, 9.17) is 0 Å². The lowest BCUT2D eigenvalue weighted by Crippen LogP contribution is -2.40. The molecule has 0 rings (SSSR count). The van der Waals surface area contributed by atoms with Crippen molar-refractivity contribution >= 4 is 6.03 Å². The van der Waals surface area contributed by atoms with E-state index >= 15 is 0 Å². The van der Waals surface area contributed by atoms with Crippen molar-refractivity contribution in [2.45, 2.75) is 27.7 Å². The van der Waals surface area contributed by atoms with Crippen molar-refractivity contribution in [3.8, 4) is 0 Å². The summed E-state index contributed by atoms with van der Waals surface area (Å²) in [6.45, 7) is 9.70. The average molecular weight is 198 g/mol. The average Bonchev–Trinajstić information content (AvgIpc) is 2.12. The van der Waals surface area contributed by atoms with Crippen LogP contribution in [0.5, 0.6) is 0 Å². The van der Waals surface area contributed by atoms with Gasteiger partial charge in [-0.15, -0.1) is 0 Å². The molecule has 0 aliphatic carbocycles. The Morgan fingerprint density at radius 2 is 1.64 bits per heavy atom. The molecule has 0 aliphatic rings. The predicted octanol–water partition coefficient (Wildman–Crippen LogP) is 2.35. The topological polar surface area (TPSA) is 23.6 Å². The molecule has 0 atom stereocenters. The summed E-state index contributed by atoms with van der Waals surface area (Å²) in [5.74, 6) is 0. The van der Waals surface area contributed by atoms with Crippen LogP contribution in [0.3, 0.4) is 0 Å². The SMILES string of the molecule is CCN(CC(C)=C(C)C)C(=O)N(C)C. The van der Waals surface area contributed by atoms with Gasteiger partial charge in [-0.05, 0) is 27.7 Å². The van der Waals surface area contributed by atoms with E-state index in [0.29, 0.717) is 0 Å². The van der Waals surface area contributed by atoms with Crippen LogP contribution in [0, 0.1) is 0 Å². The zero-order valence-corrected chi connectivity index (χ0v) is 10.2. The summed E-state index contributed by atoms with van der Waals surface area (Å²) in [5.41, 5.74) is 2.55. The molecule has 3 heteroatoms. The molecule has 0 N–H and O–H groups in total. The predicted molar refractivity (Wildman–Crippen MR) is 60.4 cm³/mol. The van der Waals surface area contributed by atoms with Gasteiger partial charge in [0.25, 0.3) is 0 Å². The molecular weight excluding hydrogens is 176 g/mol. The second kappa shape index (κ2) is 5.68. The minimum Gasteiger partial charge on any atom is -0.331 e. The molecule has 3 nitrogen and oxygen atoms in total. The third kappa shape index (κ3) is 3.81. The molecule has 0 aromatic heterocycles. The Hall–Kier alpha value is -0.990. The van der Waals surface area contributed by atoms with Crippen molar-refractivity contribution in [3.05, 3.63) is 11.1 Å². The first kappa shape index (κ1) is 13.0. The number of allylic oxidation sites excluding steroid dienone is 1. The Morgan fingerprint density at radius 1 is 1.14 bits per heavy atom. The first-order valence-electron chi connectivity index (χ1n) is 4.99. The van der Waals surface area contributed by atoms with Crippen LogP contribution in [0.1, 0.15) is 27.7 Å². The van der Waals surface area contributed by atoms with Crippen molar-refractivity contribution in [2.24, 2.45) is 0 Å². The zero-order valence-electron chi connectivity index (χ0n) is 10.2. The number of hydrogen-bond acceptors (Lipinski definition) is 1. The number of urea groups is 1. The van der Waals surface area contributed by atoms with E-state index in [1.165, 1.54) is 11.1 Å². The molecule has 0 saturated carbocycles. The van der Waals surface area contributed by atoms with Crippen molar-refractivity contribution in [2.75, 3.05) is 27.2 Å². The first-order valence-corrected chi connectivity index (χ1v) is 4.99. The second-order valence-electron chi connectivity index (χ2n) is 3.97. The summed E-state index contributed by atoms with van der Waals surface area (Å²) in [4.78, 5) is 15.1. The molecule has 0 spiro atoms. The van der Waals surface area contributed by atoms with Gasteiger partial charge in [0.2, 0.25) is 0 Å². The molecule has 14 heavy (non-hydrogen) atoms. The number of rotatable bonds is 3. The molecule has 0 fully saturated rings. The minimum atomic E-state index is 0.0769. The van der Waals surface area contributed by atoms with Gasteiger partial charge in [0, 0.05) is 27.2 Å². The summed E-state index contributed by atoms with van der Waals surface area (Å²) in [7, 11) is 3.56. The highest BCUT2D eigenvalue weighted by molar-refractivity contribution is 5.74. The summed E-state index contributed by atoms with van der Waals surface area (Å²) in [5, 5.41) is 0. The number of nitrogens with zero attached hydrogens (tertiary/aromatic N) is 2. The fourth-order valence-corrected chi connectivity index (χ4v) is 1.04. The van der Waals surface area contributed by atoms with E-state index in [2.05, 4.69) is 20.8 Å². The van der Waals surface area contributed by atoms with Crippen molar-refractivity contribution in [1.29, 1.82) is 0 Å². The Bertz CT molecular complexity index is 227. The lowest BCUT2D eigenvalue weighted by molar-refractivity contribution is 0.177. The third-order valence-corrected chi connectivity index (χ3v) is 2.32. The molecule has 0 aliphatic heterocycles. The molecule has 0 aromatic rings. The molecule has 0 radical (unpaired) electrons.